The Balaban J connectivity index is 1.66. The number of anilines is 1. The van der Waals surface area contributed by atoms with Crippen LogP contribution in [0, 0.1) is 6.92 Å². The van der Waals surface area contributed by atoms with Gasteiger partial charge in [-0.1, -0.05) is 41.9 Å². The lowest BCUT2D eigenvalue weighted by atomic mass is 9.90. The largest absolute Gasteiger partial charge is 0.465 e. The highest BCUT2D eigenvalue weighted by Crippen LogP contribution is 2.31. The van der Waals surface area contributed by atoms with E-state index in [9.17, 15) is 9.59 Å². The summed E-state index contributed by atoms with van der Waals surface area (Å²) in [6.07, 6.45) is 1.19. The molecule has 3 aromatic rings. The number of fused-ring (bicyclic) bond motifs is 1. The molecule has 0 saturated heterocycles. The van der Waals surface area contributed by atoms with Crippen LogP contribution in [0.15, 0.2) is 54.6 Å². The quantitative estimate of drug-likeness (QED) is 0.486. The van der Waals surface area contributed by atoms with Crippen LogP contribution in [0.25, 0.3) is 10.9 Å². The van der Waals surface area contributed by atoms with E-state index in [1.807, 2.05) is 55.5 Å². The van der Waals surface area contributed by atoms with Crippen molar-refractivity contribution in [1.82, 2.24) is 10.3 Å². The van der Waals surface area contributed by atoms with E-state index in [0.717, 1.165) is 41.3 Å². The van der Waals surface area contributed by atoms with Crippen LogP contribution >= 0.6 is 11.6 Å². The number of benzene rings is 2. The van der Waals surface area contributed by atoms with Crippen molar-refractivity contribution >= 4 is 40.5 Å². The molecule has 33 heavy (non-hydrogen) atoms. The van der Waals surface area contributed by atoms with Gasteiger partial charge in [0, 0.05) is 22.5 Å². The number of nitrogens with one attached hydrogen (secondary N) is 1. The molecule has 1 aliphatic rings. The minimum absolute atomic E-state index is 0.141. The number of hydrogen-bond acceptors (Lipinski definition) is 4. The molecule has 172 valence electrons. The summed E-state index contributed by atoms with van der Waals surface area (Å²) in [5.74, 6) is 0.487. The van der Waals surface area contributed by atoms with Crippen molar-refractivity contribution in [3.63, 3.8) is 0 Å². The molecule has 0 bridgehead atoms. The number of aromatic nitrogens is 1. The number of carbonyl (C=O) groups excluding carboxylic acids is 1. The Bertz CT molecular complexity index is 1160. The first kappa shape index (κ1) is 22.9. The van der Waals surface area contributed by atoms with Gasteiger partial charge in [0.1, 0.15) is 12.4 Å². The number of carboxylic acid groups (broad SMARTS) is 1. The molecule has 7 nitrogen and oxygen atoms in total. The second-order valence-electron chi connectivity index (χ2n) is 8.34. The van der Waals surface area contributed by atoms with Gasteiger partial charge in [0.2, 0.25) is 0 Å². The minimum atomic E-state index is -1.06. The highest BCUT2D eigenvalue weighted by Gasteiger charge is 2.33. The SMILES string of the molecule is Cc1cc(N(C(=O)OCc2ccccc2)[C@H]2CCC[C@H](NC(=O)O)C2)nc2ccc(Cl)cc12. The summed E-state index contributed by atoms with van der Waals surface area (Å²) in [4.78, 5) is 30.9. The van der Waals surface area contributed by atoms with Crippen LogP contribution in [0.4, 0.5) is 15.4 Å². The van der Waals surface area contributed by atoms with E-state index in [2.05, 4.69) is 5.32 Å². The van der Waals surface area contributed by atoms with Crippen LogP contribution < -0.4 is 10.2 Å². The van der Waals surface area contributed by atoms with Crippen molar-refractivity contribution < 1.29 is 19.4 Å². The molecule has 1 saturated carbocycles. The lowest BCUT2D eigenvalue weighted by molar-refractivity contribution is 0.141. The molecule has 8 heteroatoms. The predicted octanol–water partition coefficient (Wildman–Crippen LogP) is 5.92. The van der Waals surface area contributed by atoms with E-state index in [-0.39, 0.29) is 18.7 Å². The van der Waals surface area contributed by atoms with Crippen LogP contribution in [0.2, 0.25) is 5.02 Å². The van der Waals surface area contributed by atoms with Gasteiger partial charge < -0.3 is 15.2 Å². The Morgan fingerprint density at radius 1 is 1.18 bits per heavy atom. The van der Waals surface area contributed by atoms with Crippen LogP contribution in [0.3, 0.4) is 0 Å². The first-order chi connectivity index (χ1) is 15.9. The van der Waals surface area contributed by atoms with Crippen molar-refractivity contribution in [3.8, 4) is 0 Å². The Hall–Kier alpha value is -3.32. The summed E-state index contributed by atoms with van der Waals surface area (Å²) in [6, 6.07) is 16.3. The number of rotatable bonds is 5. The van der Waals surface area contributed by atoms with Gasteiger partial charge in [-0.25, -0.2) is 14.6 Å². The maximum Gasteiger partial charge on any atom is 0.416 e. The van der Waals surface area contributed by atoms with Gasteiger partial charge in [0.05, 0.1) is 5.52 Å². The fraction of sp³-hybridized carbons (Fsp3) is 0.320. The van der Waals surface area contributed by atoms with E-state index in [1.54, 1.807) is 11.0 Å². The topological polar surface area (TPSA) is 91.8 Å². The smallest absolute Gasteiger partial charge is 0.416 e. The number of nitrogens with zero attached hydrogens (tertiary/aromatic N) is 2. The van der Waals surface area contributed by atoms with E-state index < -0.39 is 12.2 Å². The van der Waals surface area contributed by atoms with Crippen LogP contribution in [-0.4, -0.2) is 34.4 Å². The third-order valence-electron chi connectivity index (χ3n) is 5.95. The molecule has 2 amide bonds. The molecule has 2 N–H and O–H groups in total. The standard InChI is InChI=1S/C25H26ClN3O4/c1-16-12-23(28-22-11-10-18(26)13-21(16)22)29(20-9-5-8-19(14-20)27-24(30)31)25(32)33-15-17-6-3-2-4-7-17/h2-4,6-7,10-13,19-20,27H,5,8-9,14-15H2,1H3,(H,30,31)/t19-,20-/m0/s1. The highest BCUT2D eigenvalue weighted by atomic mass is 35.5. The molecule has 4 rings (SSSR count). The lowest BCUT2D eigenvalue weighted by Gasteiger charge is -2.36. The zero-order valence-electron chi connectivity index (χ0n) is 18.3. The van der Waals surface area contributed by atoms with Gasteiger partial charge in [-0.05, 0) is 68.0 Å². The summed E-state index contributed by atoms with van der Waals surface area (Å²) < 4.78 is 5.67. The van der Waals surface area contributed by atoms with Crippen LogP contribution in [0.5, 0.6) is 0 Å². The first-order valence-electron chi connectivity index (χ1n) is 11.0. The summed E-state index contributed by atoms with van der Waals surface area (Å²) in [5.41, 5.74) is 2.55. The molecular weight excluding hydrogens is 442 g/mol. The summed E-state index contributed by atoms with van der Waals surface area (Å²) in [7, 11) is 0. The number of ether oxygens (including phenoxy) is 1. The zero-order chi connectivity index (χ0) is 23.4. The molecule has 1 aliphatic carbocycles. The maximum absolute atomic E-state index is 13.4. The second-order valence-corrected chi connectivity index (χ2v) is 8.77. The fourth-order valence-corrected chi connectivity index (χ4v) is 4.57. The van der Waals surface area contributed by atoms with Crippen molar-refractivity contribution in [1.29, 1.82) is 0 Å². The predicted molar refractivity (Wildman–Crippen MR) is 128 cm³/mol. The third kappa shape index (κ3) is 5.54. The molecule has 1 fully saturated rings. The molecule has 0 radical (unpaired) electrons. The Labute approximate surface area is 197 Å². The lowest BCUT2D eigenvalue weighted by Crippen LogP contribution is -2.48. The van der Waals surface area contributed by atoms with E-state index in [4.69, 9.17) is 26.4 Å². The third-order valence-corrected chi connectivity index (χ3v) is 6.19. The Morgan fingerprint density at radius 3 is 2.73 bits per heavy atom. The minimum Gasteiger partial charge on any atom is -0.465 e. The number of aryl methyl sites for hydroxylation is 1. The highest BCUT2D eigenvalue weighted by molar-refractivity contribution is 6.31. The van der Waals surface area contributed by atoms with Gasteiger partial charge in [0.15, 0.2) is 0 Å². The number of carbonyl (C=O) groups is 2. The summed E-state index contributed by atoms with van der Waals surface area (Å²) in [5, 5.41) is 13.3. The van der Waals surface area contributed by atoms with Gasteiger partial charge >= 0.3 is 12.2 Å². The molecule has 0 unspecified atom stereocenters. The summed E-state index contributed by atoms with van der Waals surface area (Å²) in [6.45, 7) is 2.09. The van der Waals surface area contributed by atoms with E-state index in [1.165, 1.54) is 0 Å². The van der Waals surface area contributed by atoms with Crippen molar-refractivity contribution in [3.05, 3.63) is 70.7 Å². The van der Waals surface area contributed by atoms with Crippen molar-refractivity contribution in [2.45, 2.75) is 51.3 Å². The monoisotopic (exact) mass is 467 g/mol. The molecule has 2 atom stereocenters. The van der Waals surface area contributed by atoms with Crippen LogP contribution in [-0.2, 0) is 11.3 Å². The second kappa shape index (κ2) is 10.1. The van der Waals surface area contributed by atoms with Crippen molar-refractivity contribution in [2.24, 2.45) is 0 Å². The first-order valence-corrected chi connectivity index (χ1v) is 11.3. The van der Waals surface area contributed by atoms with Crippen LogP contribution in [0.1, 0.15) is 36.8 Å². The average Bonchev–Trinajstić information content (AvgIpc) is 2.79. The number of pyridine rings is 1. The summed E-state index contributed by atoms with van der Waals surface area (Å²) >= 11 is 6.15. The molecule has 0 aliphatic heterocycles. The molecule has 2 aromatic carbocycles. The zero-order valence-corrected chi connectivity index (χ0v) is 19.1. The molecule has 0 spiro atoms. The Morgan fingerprint density at radius 2 is 1.97 bits per heavy atom. The van der Waals surface area contributed by atoms with Gasteiger partial charge in [-0.2, -0.15) is 0 Å². The number of hydrogen-bond donors (Lipinski definition) is 2. The van der Waals surface area contributed by atoms with E-state index >= 15 is 0 Å². The normalized spacial score (nSPS) is 18.0. The average molecular weight is 468 g/mol. The maximum atomic E-state index is 13.4. The molecule has 1 heterocycles. The fourth-order valence-electron chi connectivity index (χ4n) is 4.39. The van der Waals surface area contributed by atoms with Crippen molar-refractivity contribution in [2.75, 3.05) is 4.90 Å². The molecular formula is C25H26ClN3O4. The van der Waals surface area contributed by atoms with Gasteiger partial charge in [-0.3, -0.25) is 4.90 Å². The van der Waals surface area contributed by atoms with E-state index in [0.29, 0.717) is 17.3 Å². The van der Waals surface area contributed by atoms with Gasteiger partial charge in [0.25, 0.3) is 0 Å². The Kier molecular flexibility index (Phi) is 6.99. The van der Waals surface area contributed by atoms with Gasteiger partial charge in [-0.15, -0.1) is 0 Å². The number of amides is 2. The number of halogens is 1. The molecule has 1 aromatic heterocycles.